The second-order valence-electron chi connectivity index (χ2n) is 9.23. The summed E-state index contributed by atoms with van der Waals surface area (Å²) in [6.07, 6.45) is 5.80. The van der Waals surface area contributed by atoms with E-state index in [1.54, 1.807) is 6.08 Å². The lowest BCUT2D eigenvalue weighted by Gasteiger charge is -2.57. The number of hydrogen-bond acceptors (Lipinski definition) is 2. The summed E-state index contributed by atoms with van der Waals surface area (Å²) in [7, 11) is 0. The van der Waals surface area contributed by atoms with Crippen LogP contribution in [0.1, 0.15) is 52.4 Å². The molecule has 0 saturated heterocycles. The fourth-order valence-corrected chi connectivity index (χ4v) is 7.22. The number of ketones is 2. The average molecular weight is 316 g/mol. The summed E-state index contributed by atoms with van der Waals surface area (Å²) in [5.74, 6) is 2.25. The molecule has 4 saturated carbocycles. The fourth-order valence-electron chi connectivity index (χ4n) is 7.22. The van der Waals surface area contributed by atoms with Crippen LogP contribution in [0.5, 0.6) is 0 Å². The van der Waals surface area contributed by atoms with Gasteiger partial charge in [0.05, 0.1) is 0 Å². The summed E-state index contributed by atoms with van der Waals surface area (Å²) in [6.45, 7) is 4.37. The first-order valence-corrected chi connectivity index (χ1v) is 9.30. The molecule has 0 heterocycles. The highest BCUT2D eigenvalue weighted by Crippen LogP contribution is 2.70. The predicted molar refractivity (Wildman–Crippen MR) is 84.4 cm³/mol. The summed E-state index contributed by atoms with van der Waals surface area (Å²) in [5.41, 5.74) is 0.468. The zero-order valence-corrected chi connectivity index (χ0v) is 14.0. The Kier molecular flexibility index (Phi) is 2.59. The van der Waals surface area contributed by atoms with Gasteiger partial charge in [0.25, 0.3) is 0 Å². The molecule has 0 aromatic rings. The van der Waals surface area contributed by atoms with Crippen molar-refractivity contribution in [2.24, 2.45) is 40.4 Å². The van der Waals surface area contributed by atoms with Gasteiger partial charge in [0.15, 0.2) is 5.78 Å². The van der Waals surface area contributed by atoms with E-state index < -0.39 is 6.17 Å². The van der Waals surface area contributed by atoms with E-state index in [4.69, 9.17) is 0 Å². The van der Waals surface area contributed by atoms with Crippen LogP contribution in [0.25, 0.3) is 0 Å². The van der Waals surface area contributed by atoms with Crippen LogP contribution in [0.3, 0.4) is 0 Å². The Labute approximate surface area is 136 Å². The van der Waals surface area contributed by atoms with Crippen LogP contribution in [0, 0.1) is 40.4 Å². The number of allylic oxidation sites excluding steroid dienone is 1. The van der Waals surface area contributed by atoms with Gasteiger partial charge in [-0.05, 0) is 72.8 Å². The average Bonchev–Trinajstić information content (AvgIpc) is 3.26. The molecular weight excluding hydrogens is 291 g/mol. The highest BCUT2D eigenvalue weighted by Gasteiger charge is 2.67. The highest BCUT2D eigenvalue weighted by molar-refractivity contribution is 5.96. The van der Waals surface area contributed by atoms with Gasteiger partial charge in [-0.25, -0.2) is 4.39 Å². The van der Waals surface area contributed by atoms with E-state index in [-0.39, 0.29) is 22.5 Å². The van der Waals surface area contributed by atoms with Gasteiger partial charge in [-0.15, -0.1) is 0 Å². The fraction of sp³-hybridized carbons (Fsp3) is 0.800. The lowest BCUT2D eigenvalue weighted by molar-refractivity contribution is -0.134. The standard InChI is InChI=1S/C20H25FO2/c1-19-6-5-13-10(12(19)3-4-18(19)23)8-16(21)15-9-17(22)11-7-14(11)20(13,15)2/h9-14,16H,3-8H2,1-2H3/t10-,11-,12-,13-,14?,16+,19-,20-/m0/s1. The van der Waals surface area contributed by atoms with E-state index in [1.807, 2.05) is 0 Å². The summed E-state index contributed by atoms with van der Waals surface area (Å²) < 4.78 is 15.1. The predicted octanol–water partition coefficient (Wildman–Crippen LogP) is 3.89. The lowest BCUT2D eigenvalue weighted by Crippen LogP contribution is -2.54. The number of carbonyl (C=O) groups is 2. The molecule has 0 aromatic carbocycles. The van der Waals surface area contributed by atoms with E-state index >= 15 is 4.39 Å². The van der Waals surface area contributed by atoms with Crippen molar-refractivity contribution in [3.05, 3.63) is 11.6 Å². The van der Waals surface area contributed by atoms with Crippen molar-refractivity contribution in [1.29, 1.82) is 0 Å². The molecule has 8 atom stereocenters. The van der Waals surface area contributed by atoms with Crippen LogP contribution in [-0.4, -0.2) is 17.7 Å². The molecule has 124 valence electrons. The van der Waals surface area contributed by atoms with Crippen molar-refractivity contribution in [2.45, 2.75) is 58.5 Å². The zero-order chi connectivity index (χ0) is 16.1. The third-order valence-corrected chi connectivity index (χ3v) is 8.58. The van der Waals surface area contributed by atoms with Gasteiger partial charge < -0.3 is 0 Å². The molecule has 3 heteroatoms. The second kappa shape index (κ2) is 4.15. The van der Waals surface area contributed by atoms with Crippen molar-refractivity contribution >= 4 is 11.6 Å². The van der Waals surface area contributed by atoms with Crippen molar-refractivity contribution in [1.82, 2.24) is 0 Å². The molecule has 0 aliphatic heterocycles. The van der Waals surface area contributed by atoms with E-state index in [2.05, 4.69) is 13.8 Å². The maximum atomic E-state index is 15.1. The highest BCUT2D eigenvalue weighted by atomic mass is 19.1. The summed E-state index contributed by atoms with van der Waals surface area (Å²) >= 11 is 0. The summed E-state index contributed by atoms with van der Waals surface area (Å²) in [6, 6.07) is 0. The first-order valence-electron chi connectivity index (χ1n) is 9.30. The molecule has 4 fully saturated rings. The van der Waals surface area contributed by atoms with Crippen molar-refractivity contribution in [2.75, 3.05) is 0 Å². The van der Waals surface area contributed by atoms with Gasteiger partial charge in [0.1, 0.15) is 12.0 Å². The van der Waals surface area contributed by atoms with Gasteiger partial charge in [0.2, 0.25) is 0 Å². The molecule has 5 aliphatic rings. The number of alkyl halides is 1. The van der Waals surface area contributed by atoms with Crippen LogP contribution >= 0.6 is 0 Å². The topological polar surface area (TPSA) is 34.1 Å². The quantitative estimate of drug-likeness (QED) is 0.679. The Bertz CT molecular complexity index is 652. The van der Waals surface area contributed by atoms with Gasteiger partial charge in [-0.3, -0.25) is 9.59 Å². The number of rotatable bonds is 0. The molecular formula is C20H25FO2. The number of carbonyl (C=O) groups excluding carboxylic acids is 2. The minimum Gasteiger partial charge on any atom is -0.299 e. The third kappa shape index (κ3) is 1.55. The Morgan fingerprint density at radius 1 is 1.09 bits per heavy atom. The summed E-state index contributed by atoms with van der Waals surface area (Å²) in [4.78, 5) is 24.5. The third-order valence-electron chi connectivity index (χ3n) is 8.58. The SMILES string of the molecule is C[C@]12CC[C@H]3[C@@H](C[C@@H](F)C4=CC(=O)[C@H]5CC5[C@@]43C)[C@@H]1CCC2=O. The molecule has 2 nitrogen and oxygen atoms in total. The number of hydrogen-bond donors (Lipinski definition) is 0. The largest absolute Gasteiger partial charge is 0.299 e. The van der Waals surface area contributed by atoms with Crippen LogP contribution in [0.15, 0.2) is 11.6 Å². The molecule has 0 bridgehead atoms. The van der Waals surface area contributed by atoms with Crippen LogP contribution in [0.4, 0.5) is 4.39 Å². The van der Waals surface area contributed by atoms with E-state index in [9.17, 15) is 9.59 Å². The van der Waals surface area contributed by atoms with Gasteiger partial charge in [-0.2, -0.15) is 0 Å². The molecule has 0 amide bonds. The van der Waals surface area contributed by atoms with Crippen LogP contribution < -0.4 is 0 Å². The zero-order valence-electron chi connectivity index (χ0n) is 14.0. The number of Topliss-reactive ketones (excluding diaryl/α,β-unsaturated/α-hetero) is 1. The lowest BCUT2D eigenvalue weighted by atomic mass is 9.47. The maximum absolute atomic E-state index is 15.1. The van der Waals surface area contributed by atoms with Gasteiger partial charge in [0, 0.05) is 17.8 Å². The van der Waals surface area contributed by atoms with Crippen LogP contribution in [-0.2, 0) is 9.59 Å². The van der Waals surface area contributed by atoms with Crippen molar-refractivity contribution < 1.29 is 14.0 Å². The smallest absolute Gasteiger partial charge is 0.159 e. The second-order valence-corrected chi connectivity index (χ2v) is 9.23. The van der Waals surface area contributed by atoms with Gasteiger partial charge >= 0.3 is 0 Å². The van der Waals surface area contributed by atoms with Crippen molar-refractivity contribution in [3.63, 3.8) is 0 Å². The minimum absolute atomic E-state index is 0.131. The monoisotopic (exact) mass is 316 g/mol. The Morgan fingerprint density at radius 3 is 2.65 bits per heavy atom. The number of fused-ring (bicyclic) bond motifs is 7. The Balaban J connectivity index is 1.59. The molecule has 23 heavy (non-hydrogen) atoms. The van der Waals surface area contributed by atoms with Crippen LogP contribution in [0.2, 0.25) is 0 Å². The normalized spacial score (nSPS) is 57.1. The maximum Gasteiger partial charge on any atom is 0.159 e. The number of halogens is 1. The van der Waals surface area contributed by atoms with E-state index in [0.717, 1.165) is 31.3 Å². The minimum atomic E-state index is -0.982. The van der Waals surface area contributed by atoms with E-state index in [1.165, 1.54) is 0 Å². The first kappa shape index (κ1) is 14.4. The molecule has 5 rings (SSSR count). The molecule has 1 unspecified atom stereocenters. The molecule has 0 N–H and O–H groups in total. The van der Waals surface area contributed by atoms with Gasteiger partial charge in [-0.1, -0.05) is 13.8 Å². The Hall–Kier alpha value is -0.990. The van der Waals surface area contributed by atoms with E-state index in [0.29, 0.717) is 42.3 Å². The molecule has 0 radical (unpaired) electrons. The summed E-state index contributed by atoms with van der Waals surface area (Å²) in [5, 5.41) is 0. The Morgan fingerprint density at radius 2 is 1.87 bits per heavy atom. The molecule has 0 aromatic heterocycles. The molecule has 5 aliphatic carbocycles. The first-order chi connectivity index (χ1) is 10.9. The van der Waals surface area contributed by atoms with Crippen molar-refractivity contribution in [3.8, 4) is 0 Å². The molecule has 0 spiro atoms.